The molecule has 0 fully saturated rings. The highest BCUT2D eigenvalue weighted by atomic mass is 32.1. The van der Waals surface area contributed by atoms with Crippen LogP contribution in [0.3, 0.4) is 0 Å². The van der Waals surface area contributed by atoms with Crippen molar-refractivity contribution in [2.24, 2.45) is 0 Å². The molecule has 18 heavy (non-hydrogen) atoms. The SMILES string of the molecule is C=C(C)C(=O)OCCOC(=S)Nc1ccccc1. The summed E-state index contributed by atoms with van der Waals surface area (Å²) in [6.07, 6.45) is 0. The van der Waals surface area contributed by atoms with Gasteiger partial charge in [-0.15, -0.1) is 0 Å². The van der Waals surface area contributed by atoms with Gasteiger partial charge in [-0.25, -0.2) is 4.79 Å². The Morgan fingerprint density at radius 1 is 1.28 bits per heavy atom. The standard InChI is InChI=1S/C13H15NO3S/c1-10(2)12(15)16-8-9-17-13(18)14-11-6-4-3-5-7-11/h3-7H,1,8-9H2,2H3,(H,14,18). The highest BCUT2D eigenvalue weighted by Crippen LogP contribution is 2.05. The lowest BCUT2D eigenvalue weighted by molar-refractivity contribution is -0.139. The van der Waals surface area contributed by atoms with Crippen molar-refractivity contribution in [3.8, 4) is 0 Å². The van der Waals surface area contributed by atoms with Crippen molar-refractivity contribution >= 4 is 29.0 Å². The molecule has 0 saturated carbocycles. The number of anilines is 1. The first kappa shape index (κ1) is 14.2. The average Bonchev–Trinajstić information content (AvgIpc) is 2.35. The van der Waals surface area contributed by atoms with E-state index in [2.05, 4.69) is 11.9 Å². The maximum Gasteiger partial charge on any atom is 0.333 e. The summed E-state index contributed by atoms with van der Waals surface area (Å²) in [6.45, 7) is 5.41. The number of rotatable bonds is 5. The topological polar surface area (TPSA) is 47.6 Å². The largest absolute Gasteiger partial charge is 0.467 e. The number of hydrogen-bond donors (Lipinski definition) is 1. The molecule has 0 aliphatic rings. The van der Waals surface area contributed by atoms with E-state index in [1.807, 2.05) is 30.3 Å². The summed E-state index contributed by atoms with van der Waals surface area (Å²) in [4.78, 5) is 11.1. The number of hydrogen-bond acceptors (Lipinski definition) is 4. The molecule has 0 heterocycles. The molecule has 5 heteroatoms. The summed E-state index contributed by atoms with van der Waals surface area (Å²) in [5.74, 6) is -0.430. The lowest BCUT2D eigenvalue weighted by Gasteiger charge is -2.09. The molecule has 1 rings (SSSR count). The van der Waals surface area contributed by atoms with Crippen LogP contribution in [0.2, 0.25) is 0 Å². The number of esters is 1. The van der Waals surface area contributed by atoms with Crippen LogP contribution >= 0.6 is 12.2 Å². The van der Waals surface area contributed by atoms with Crippen LogP contribution in [0.5, 0.6) is 0 Å². The highest BCUT2D eigenvalue weighted by molar-refractivity contribution is 7.80. The third-order valence-corrected chi connectivity index (χ3v) is 2.14. The number of ether oxygens (including phenoxy) is 2. The first-order chi connectivity index (χ1) is 8.59. The molecule has 0 radical (unpaired) electrons. The molecule has 1 N–H and O–H groups in total. The minimum atomic E-state index is -0.430. The quantitative estimate of drug-likeness (QED) is 0.384. The third-order valence-electron chi connectivity index (χ3n) is 1.92. The van der Waals surface area contributed by atoms with Crippen molar-refractivity contribution in [1.29, 1.82) is 0 Å². The van der Waals surface area contributed by atoms with Crippen LogP contribution in [0, 0.1) is 0 Å². The normalized spacial score (nSPS) is 9.39. The molecule has 1 aromatic carbocycles. The van der Waals surface area contributed by atoms with Crippen molar-refractivity contribution in [1.82, 2.24) is 0 Å². The van der Waals surface area contributed by atoms with E-state index in [1.54, 1.807) is 6.92 Å². The van der Waals surface area contributed by atoms with Crippen molar-refractivity contribution in [3.05, 3.63) is 42.5 Å². The number of nitrogens with one attached hydrogen (secondary N) is 1. The second-order valence-corrected chi connectivity index (χ2v) is 3.91. The molecular formula is C13H15NO3S. The Bertz CT molecular complexity index is 431. The van der Waals surface area contributed by atoms with E-state index in [0.717, 1.165) is 5.69 Å². The van der Waals surface area contributed by atoms with Crippen molar-refractivity contribution in [2.45, 2.75) is 6.92 Å². The van der Waals surface area contributed by atoms with Gasteiger partial charge in [0.1, 0.15) is 13.2 Å². The number of thiocarbonyl (C=S) groups is 1. The van der Waals surface area contributed by atoms with Crippen LogP contribution in [0.25, 0.3) is 0 Å². The highest BCUT2D eigenvalue weighted by Gasteiger charge is 2.03. The maximum absolute atomic E-state index is 11.1. The van der Waals surface area contributed by atoms with E-state index >= 15 is 0 Å². The molecular weight excluding hydrogens is 250 g/mol. The molecule has 0 spiro atoms. The van der Waals surface area contributed by atoms with Gasteiger partial charge in [0.25, 0.3) is 5.17 Å². The Morgan fingerprint density at radius 3 is 2.50 bits per heavy atom. The minimum absolute atomic E-state index is 0.141. The summed E-state index contributed by atoms with van der Waals surface area (Å²) < 4.78 is 10.0. The number of carbonyl (C=O) groups excluding carboxylic acids is 1. The van der Waals surface area contributed by atoms with E-state index in [-0.39, 0.29) is 18.4 Å². The summed E-state index contributed by atoms with van der Waals surface area (Å²) in [5, 5.41) is 3.15. The molecule has 0 atom stereocenters. The van der Waals surface area contributed by atoms with Crippen LogP contribution in [0.4, 0.5) is 5.69 Å². The summed E-state index contributed by atoms with van der Waals surface area (Å²) in [7, 11) is 0. The zero-order valence-electron chi connectivity index (χ0n) is 10.1. The number of carbonyl (C=O) groups is 1. The van der Waals surface area contributed by atoms with Gasteiger partial charge in [-0.1, -0.05) is 24.8 Å². The van der Waals surface area contributed by atoms with Crippen LogP contribution in [0.15, 0.2) is 42.5 Å². The second kappa shape index (κ2) is 7.45. The molecule has 0 saturated heterocycles. The molecule has 0 aromatic heterocycles. The van der Waals surface area contributed by atoms with E-state index in [1.165, 1.54) is 0 Å². The average molecular weight is 265 g/mol. The van der Waals surface area contributed by atoms with Crippen LogP contribution in [-0.2, 0) is 14.3 Å². The van der Waals surface area contributed by atoms with E-state index in [4.69, 9.17) is 21.7 Å². The molecule has 96 valence electrons. The fraction of sp³-hybridized carbons (Fsp3) is 0.231. The van der Waals surface area contributed by atoms with Gasteiger partial charge in [0.05, 0.1) is 0 Å². The first-order valence-corrected chi connectivity index (χ1v) is 5.82. The summed E-state index contributed by atoms with van der Waals surface area (Å²) in [5.41, 5.74) is 1.21. The van der Waals surface area contributed by atoms with Crippen molar-refractivity contribution in [2.75, 3.05) is 18.5 Å². The van der Waals surface area contributed by atoms with Crippen LogP contribution in [-0.4, -0.2) is 24.4 Å². The van der Waals surface area contributed by atoms with Crippen molar-refractivity contribution < 1.29 is 14.3 Å². The van der Waals surface area contributed by atoms with Gasteiger partial charge >= 0.3 is 5.97 Å². The Hall–Kier alpha value is -1.88. The maximum atomic E-state index is 11.1. The third kappa shape index (κ3) is 5.45. The van der Waals surface area contributed by atoms with E-state index < -0.39 is 5.97 Å². The van der Waals surface area contributed by atoms with Gasteiger partial charge in [-0.05, 0) is 31.3 Å². The monoisotopic (exact) mass is 265 g/mol. The Labute approximate surface area is 112 Å². The summed E-state index contributed by atoms with van der Waals surface area (Å²) >= 11 is 4.98. The van der Waals surface area contributed by atoms with Crippen LogP contribution in [0.1, 0.15) is 6.92 Å². The Kier molecular flexibility index (Phi) is 5.87. The zero-order chi connectivity index (χ0) is 13.4. The van der Waals surface area contributed by atoms with Gasteiger partial charge < -0.3 is 14.8 Å². The molecule has 1 aromatic rings. The zero-order valence-corrected chi connectivity index (χ0v) is 11.0. The van der Waals surface area contributed by atoms with Crippen molar-refractivity contribution in [3.63, 3.8) is 0 Å². The lowest BCUT2D eigenvalue weighted by Crippen LogP contribution is -2.18. The van der Waals surface area contributed by atoms with Gasteiger partial charge in [0.2, 0.25) is 0 Å². The molecule has 0 bridgehead atoms. The van der Waals surface area contributed by atoms with Crippen LogP contribution < -0.4 is 5.32 Å². The molecule has 4 nitrogen and oxygen atoms in total. The fourth-order valence-corrected chi connectivity index (χ4v) is 1.27. The van der Waals surface area contributed by atoms with E-state index in [0.29, 0.717) is 5.57 Å². The molecule has 0 aliphatic carbocycles. The number of benzene rings is 1. The predicted octanol–water partition coefficient (Wildman–Crippen LogP) is 2.52. The lowest BCUT2D eigenvalue weighted by atomic mass is 10.3. The van der Waals surface area contributed by atoms with E-state index in [9.17, 15) is 4.79 Å². The predicted molar refractivity (Wildman–Crippen MR) is 74.4 cm³/mol. The minimum Gasteiger partial charge on any atom is -0.467 e. The molecule has 0 aliphatic heterocycles. The van der Waals surface area contributed by atoms with Gasteiger partial charge in [-0.3, -0.25) is 0 Å². The van der Waals surface area contributed by atoms with Gasteiger partial charge in [0, 0.05) is 11.3 Å². The second-order valence-electron chi connectivity index (χ2n) is 3.54. The summed E-state index contributed by atoms with van der Waals surface area (Å²) in [6, 6.07) is 9.43. The number of para-hydroxylation sites is 1. The Balaban J connectivity index is 2.18. The van der Waals surface area contributed by atoms with Gasteiger partial charge in [-0.2, -0.15) is 0 Å². The molecule has 0 amide bonds. The first-order valence-electron chi connectivity index (χ1n) is 5.41. The smallest absolute Gasteiger partial charge is 0.333 e. The van der Waals surface area contributed by atoms with Gasteiger partial charge in [0.15, 0.2) is 0 Å². The molecule has 0 unspecified atom stereocenters. The fourth-order valence-electron chi connectivity index (χ4n) is 1.07. The Morgan fingerprint density at radius 2 is 1.89 bits per heavy atom.